The normalized spacial score (nSPS) is 12.3. The van der Waals surface area contributed by atoms with E-state index in [0.29, 0.717) is 0 Å². The van der Waals surface area contributed by atoms with Gasteiger partial charge in [-0.1, -0.05) is 30.7 Å². The van der Waals surface area contributed by atoms with Crippen molar-refractivity contribution < 1.29 is 14.6 Å². The summed E-state index contributed by atoms with van der Waals surface area (Å²) in [6.45, 7) is 8.36. The van der Waals surface area contributed by atoms with Crippen molar-refractivity contribution in [2.45, 2.75) is 38.4 Å². The Balaban J connectivity index is 4.51. The van der Waals surface area contributed by atoms with Crippen LogP contribution < -0.4 is 0 Å². The van der Waals surface area contributed by atoms with Gasteiger partial charge in [0.05, 0.1) is 0 Å². The van der Waals surface area contributed by atoms with Gasteiger partial charge >= 0.3 is 5.97 Å². The first-order valence-corrected chi connectivity index (χ1v) is 6.36. The van der Waals surface area contributed by atoms with Gasteiger partial charge in [0, 0.05) is 6.92 Å². The highest BCUT2D eigenvalue weighted by molar-refractivity contribution is 5.66. The summed E-state index contributed by atoms with van der Waals surface area (Å²) in [6, 6.07) is 0. The number of ether oxygens (including phenoxy) is 1. The molecule has 0 aliphatic rings. The monoisotopic (exact) mass is 272 g/mol. The lowest BCUT2D eigenvalue weighted by atomic mass is 10.2. The van der Waals surface area contributed by atoms with E-state index < -0.39 is 18.2 Å². The highest BCUT2D eigenvalue weighted by Crippen LogP contribution is 2.00. The molecule has 0 bridgehead atoms. The van der Waals surface area contributed by atoms with E-state index in [1.54, 1.807) is 6.08 Å². The second kappa shape index (κ2) is 11.8. The predicted octanol–water partition coefficient (Wildman–Crippen LogP) is 2.38. The van der Waals surface area contributed by atoms with Crippen LogP contribution in [0.4, 0.5) is 0 Å². The number of carbonyl (C=O) groups is 1. The second-order valence-corrected chi connectivity index (χ2v) is 3.90. The maximum absolute atomic E-state index is 11.0. The van der Waals surface area contributed by atoms with E-state index in [1.165, 1.54) is 13.0 Å². The topological polar surface area (TPSA) is 46.5 Å². The Morgan fingerprint density at radius 1 is 1.30 bits per heavy atom. The van der Waals surface area contributed by atoms with Gasteiger partial charge in [-0.25, -0.2) is 0 Å². The Hall–Kier alpha value is -2.23. The molecule has 0 aromatic rings. The third kappa shape index (κ3) is 10.9. The number of unbranched alkanes of at least 4 members (excludes halogenated alkanes) is 2. The molecule has 106 valence electrons. The van der Waals surface area contributed by atoms with E-state index in [4.69, 9.17) is 9.84 Å². The molecule has 0 saturated heterocycles. The zero-order valence-electron chi connectivity index (χ0n) is 11.8. The van der Waals surface area contributed by atoms with Gasteiger partial charge in [-0.15, -0.1) is 6.58 Å². The number of allylic oxidation sites excluding steroid dienone is 2. The van der Waals surface area contributed by atoms with Crippen molar-refractivity contribution in [3.8, 4) is 23.7 Å². The lowest BCUT2D eigenvalue weighted by Gasteiger charge is -2.04. The first-order valence-electron chi connectivity index (χ1n) is 6.36. The molecule has 3 heteroatoms. The maximum Gasteiger partial charge on any atom is 0.304 e. The minimum absolute atomic E-state index is 0.404. The average Bonchev–Trinajstić information content (AvgIpc) is 2.42. The van der Waals surface area contributed by atoms with Gasteiger partial charge in [-0.05, 0) is 43.1 Å². The first kappa shape index (κ1) is 17.8. The number of hydrogen-bond donors (Lipinski definition) is 1. The van der Waals surface area contributed by atoms with Crippen molar-refractivity contribution in [3.63, 3.8) is 0 Å². The molecule has 3 nitrogen and oxygen atoms in total. The van der Waals surface area contributed by atoms with Gasteiger partial charge in [0.1, 0.15) is 6.10 Å². The van der Waals surface area contributed by atoms with Gasteiger partial charge in [-0.2, -0.15) is 0 Å². The summed E-state index contributed by atoms with van der Waals surface area (Å²) >= 11 is 0. The summed E-state index contributed by atoms with van der Waals surface area (Å²) < 4.78 is 5.02. The highest BCUT2D eigenvalue weighted by Gasteiger charge is 2.02. The van der Waals surface area contributed by atoms with E-state index in [-0.39, 0.29) is 0 Å². The molecule has 0 saturated carbocycles. The number of aliphatic hydroxyl groups excluding tert-OH is 1. The summed E-state index contributed by atoms with van der Waals surface area (Å²) in [7, 11) is 0. The van der Waals surface area contributed by atoms with Crippen LogP contribution in [0.15, 0.2) is 37.5 Å². The van der Waals surface area contributed by atoms with Crippen LogP contribution in [-0.2, 0) is 9.53 Å². The van der Waals surface area contributed by atoms with E-state index in [9.17, 15) is 4.79 Å². The summed E-state index contributed by atoms with van der Waals surface area (Å²) in [5, 5.41) is 9.13. The van der Waals surface area contributed by atoms with Gasteiger partial charge in [-0.3, -0.25) is 4.79 Å². The second-order valence-electron chi connectivity index (χ2n) is 3.90. The molecule has 0 rings (SSSR count). The molecule has 0 aliphatic heterocycles. The van der Waals surface area contributed by atoms with Crippen LogP contribution >= 0.6 is 0 Å². The molecular formula is C17H20O3. The molecule has 0 fully saturated rings. The third-order valence-electron chi connectivity index (χ3n) is 2.10. The lowest BCUT2D eigenvalue weighted by molar-refractivity contribution is -0.142. The molecular weight excluding hydrogens is 252 g/mol. The molecule has 0 amide bonds. The number of esters is 1. The SMILES string of the molecule is C=CCCCC=C[C@@H](C#CC#C[C@@H](O)C=C)OC(C)=O. The van der Waals surface area contributed by atoms with Crippen molar-refractivity contribution in [2.24, 2.45) is 0 Å². The van der Waals surface area contributed by atoms with Crippen LogP contribution in [0.25, 0.3) is 0 Å². The molecule has 0 aliphatic carbocycles. The standard InChI is InChI=1S/C17H20O3/c1-4-6-7-8-9-13-17(20-15(3)18)14-11-10-12-16(19)5-2/h4-5,9,13,16-17,19H,1-2,6-8H2,3H3/t16-,17-/m0/s1. The van der Waals surface area contributed by atoms with E-state index in [2.05, 4.69) is 36.8 Å². The Morgan fingerprint density at radius 2 is 2.00 bits per heavy atom. The van der Waals surface area contributed by atoms with Crippen LogP contribution in [-0.4, -0.2) is 23.3 Å². The van der Waals surface area contributed by atoms with E-state index >= 15 is 0 Å². The molecule has 0 unspecified atom stereocenters. The fourth-order valence-corrected chi connectivity index (χ4v) is 1.17. The van der Waals surface area contributed by atoms with Gasteiger partial charge in [0.2, 0.25) is 0 Å². The van der Waals surface area contributed by atoms with Crippen molar-refractivity contribution >= 4 is 5.97 Å². The van der Waals surface area contributed by atoms with Crippen molar-refractivity contribution in [1.29, 1.82) is 0 Å². The largest absolute Gasteiger partial charge is 0.445 e. The number of rotatable bonds is 7. The lowest BCUT2D eigenvalue weighted by Crippen LogP contribution is -2.11. The van der Waals surface area contributed by atoms with Crippen molar-refractivity contribution in [2.75, 3.05) is 0 Å². The summed E-state index contributed by atoms with van der Waals surface area (Å²) in [4.78, 5) is 11.0. The minimum atomic E-state index is -0.897. The summed E-state index contributed by atoms with van der Waals surface area (Å²) in [5.74, 6) is 9.79. The summed E-state index contributed by atoms with van der Waals surface area (Å²) in [6.07, 6.45) is 8.09. The van der Waals surface area contributed by atoms with Crippen LogP contribution in [0.1, 0.15) is 26.2 Å². The summed E-state index contributed by atoms with van der Waals surface area (Å²) in [5.41, 5.74) is 0. The molecule has 0 aromatic carbocycles. The zero-order valence-corrected chi connectivity index (χ0v) is 11.8. The van der Waals surface area contributed by atoms with Gasteiger partial charge in [0.15, 0.2) is 6.10 Å². The Bertz CT molecular complexity index is 466. The van der Waals surface area contributed by atoms with Crippen molar-refractivity contribution in [3.05, 3.63) is 37.5 Å². The minimum Gasteiger partial charge on any atom is -0.445 e. The van der Waals surface area contributed by atoms with E-state index in [0.717, 1.165) is 19.3 Å². The number of aliphatic hydroxyl groups is 1. The smallest absolute Gasteiger partial charge is 0.304 e. The molecule has 1 N–H and O–H groups in total. The van der Waals surface area contributed by atoms with Crippen LogP contribution in [0, 0.1) is 23.7 Å². The molecule has 2 atom stereocenters. The number of carbonyl (C=O) groups excluding carboxylic acids is 1. The van der Waals surface area contributed by atoms with Crippen LogP contribution in [0.3, 0.4) is 0 Å². The highest BCUT2D eigenvalue weighted by atomic mass is 16.5. The quantitative estimate of drug-likeness (QED) is 0.335. The predicted molar refractivity (Wildman–Crippen MR) is 80.5 cm³/mol. The van der Waals surface area contributed by atoms with Crippen LogP contribution in [0.5, 0.6) is 0 Å². The maximum atomic E-state index is 11.0. The molecule has 0 spiro atoms. The Morgan fingerprint density at radius 3 is 2.60 bits per heavy atom. The molecule has 0 radical (unpaired) electrons. The van der Waals surface area contributed by atoms with Crippen molar-refractivity contribution in [1.82, 2.24) is 0 Å². The van der Waals surface area contributed by atoms with Gasteiger partial charge in [0.25, 0.3) is 0 Å². The van der Waals surface area contributed by atoms with Crippen LogP contribution in [0.2, 0.25) is 0 Å². The average molecular weight is 272 g/mol. The molecule has 0 aromatic heterocycles. The fourth-order valence-electron chi connectivity index (χ4n) is 1.17. The van der Waals surface area contributed by atoms with Gasteiger partial charge < -0.3 is 9.84 Å². The Labute approximate surface area is 121 Å². The first-order chi connectivity index (χ1) is 9.60. The molecule has 20 heavy (non-hydrogen) atoms. The molecule has 0 heterocycles. The third-order valence-corrected chi connectivity index (χ3v) is 2.10. The van der Waals surface area contributed by atoms with E-state index in [1.807, 2.05) is 12.2 Å². The fraction of sp³-hybridized carbons (Fsp3) is 0.353. The number of hydrogen-bond acceptors (Lipinski definition) is 3. The Kier molecular flexibility index (Phi) is 10.5. The zero-order chi connectivity index (χ0) is 15.2.